The van der Waals surface area contributed by atoms with Crippen LogP contribution in [0, 0.1) is 6.92 Å². The van der Waals surface area contributed by atoms with Crippen LogP contribution in [0.25, 0.3) is 0 Å². The molecule has 0 aliphatic heterocycles. The smallest absolute Gasteiger partial charge is 0.339 e. The van der Waals surface area contributed by atoms with Crippen LogP contribution in [0.2, 0.25) is 0 Å². The highest BCUT2D eigenvalue weighted by Gasteiger charge is 2.25. The fourth-order valence-electron chi connectivity index (χ4n) is 3.24. The van der Waals surface area contributed by atoms with Crippen LogP contribution >= 0.6 is 0 Å². The van der Waals surface area contributed by atoms with Crippen LogP contribution in [0.4, 0.5) is 0 Å². The van der Waals surface area contributed by atoms with Crippen LogP contribution in [0.15, 0.2) is 78.9 Å². The molecular weight excluding hydrogens is 390 g/mol. The number of benzene rings is 3. The summed E-state index contributed by atoms with van der Waals surface area (Å²) in [7, 11) is 1.66. The molecule has 5 heteroatoms. The molecule has 158 valence electrons. The molecule has 3 rings (SSSR count). The first kappa shape index (κ1) is 22.0. The second kappa shape index (κ2) is 9.85. The molecule has 0 unspecified atom stereocenters. The third-order valence-corrected chi connectivity index (χ3v) is 4.98. The van der Waals surface area contributed by atoms with Gasteiger partial charge in [-0.15, -0.1) is 0 Å². The lowest BCUT2D eigenvalue weighted by Crippen LogP contribution is -2.37. The normalized spacial score (nSPS) is 11.5. The predicted octanol–water partition coefficient (Wildman–Crippen LogP) is 4.43. The van der Waals surface area contributed by atoms with Crippen molar-refractivity contribution >= 4 is 17.7 Å². The van der Waals surface area contributed by atoms with Crippen molar-refractivity contribution in [3.63, 3.8) is 0 Å². The number of ether oxygens (including phenoxy) is 1. The minimum Gasteiger partial charge on any atom is -0.449 e. The summed E-state index contributed by atoms with van der Waals surface area (Å²) in [6, 6.07) is 23.2. The molecule has 0 heterocycles. The van der Waals surface area contributed by atoms with E-state index >= 15 is 0 Å². The van der Waals surface area contributed by atoms with Crippen molar-refractivity contribution in [2.45, 2.75) is 26.5 Å². The predicted molar refractivity (Wildman–Crippen MR) is 119 cm³/mol. The number of hydrogen-bond acceptors (Lipinski definition) is 4. The maximum atomic E-state index is 12.9. The SMILES string of the molecule is Cc1ccc(C(=O)c2ccccc2C(=O)O[C@@H](C)C(=O)N(C)Cc2ccccc2)cc1. The Bertz CT molecular complexity index is 1070. The van der Waals surface area contributed by atoms with Gasteiger partial charge in [-0.2, -0.15) is 0 Å². The highest BCUT2D eigenvalue weighted by molar-refractivity contribution is 6.14. The molecule has 5 nitrogen and oxygen atoms in total. The molecule has 0 N–H and O–H groups in total. The topological polar surface area (TPSA) is 63.7 Å². The van der Waals surface area contributed by atoms with E-state index in [0.29, 0.717) is 12.1 Å². The number of likely N-dealkylation sites (N-methyl/N-ethyl adjacent to an activating group) is 1. The summed E-state index contributed by atoms with van der Waals surface area (Å²) >= 11 is 0. The molecule has 1 amide bonds. The van der Waals surface area contributed by atoms with E-state index in [1.807, 2.05) is 49.4 Å². The molecular formula is C26H25NO4. The van der Waals surface area contributed by atoms with Gasteiger partial charge in [0.2, 0.25) is 0 Å². The Hall–Kier alpha value is -3.73. The number of nitrogens with zero attached hydrogens (tertiary/aromatic N) is 1. The summed E-state index contributed by atoms with van der Waals surface area (Å²) in [5.74, 6) is -1.29. The lowest BCUT2D eigenvalue weighted by molar-refractivity contribution is -0.139. The molecule has 0 radical (unpaired) electrons. The second-order valence-corrected chi connectivity index (χ2v) is 7.47. The molecule has 0 aliphatic carbocycles. The molecule has 0 fully saturated rings. The summed E-state index contributed by atoms with van der Waals surface area (Å²) in [4.78, 5) is 39.9. The van der Waals surface area contributed by atoms with Crippen LogP contribution in [-0.2, 0) is 16.1 Å². The van der Waals surface area contributed by atoms with Gasteiger partial charge in [0.25, 0.3) is 5.91 Å². The van der Waals surface area contributed by atoms with E-state index in [1.54, 1.807) is 37.4 Å². The van der Waals surface area contributed by atoms with E-state index in [-0.39, 0.29) is 22.8 Å². The van der Waals surface area contributed by atoms with Crippen LogP contribution < -0.4 is 0 Å². The van der Waals surface area contributed by atoms with Gasteiger partial charge in [-0.1, -0.05) is 78.4 Å². The van der Waals surface area contributed by atoms with Gasteiger partial charge in [-0.05, 0) is 25.5 Å². The lowest BCUT2D eigenvalue weighted by Gasteiger charge is -2.22. The van der Waals surface area contributed by atoms with Gasteiger partial charge >= 0.3 is 5.97 Å². The van der Waals surface area contributed by atoms with Crippen molar-refractivity contribution in [3.05, 3.63) is 107 Å². The molecule has 0 bridgehead atoms. The molecule has 3 aromatic carbocycles. The monoisotopic (exact) mass is 415 g/mol. The molecule has 0 saturated carbocycles. The van der Waals surface area contributed by atoms with Crippen LogP contribution in [0.5, 0.6) is 0 Å². The Morgan fingerprint density at radius 3 is 2.06 bits per heavy atom. The zero-order valence-electron chi connectivity index (χ0n) is 17.9. The first-order valence-electron chi connectivity index (χ1n) is 10.1. The second-order valence-electron chi connectivity index (χ2n) is 7.47. The molecule has 0 aromatic heterocycles. The van der Waals surface area contributed by atoms with Crippen molar-refractivity contribution in [2.24, 2.45) is 0 Å². The standard InChI is InChI=1S/C26H25NO4/c1-18-13-15-21(16-14-18)24(28)22-11-7-8-12-23(22)26(30)31-19(2)25(29)27(3)17-20-9-5-4-6-10-20/h4-16,19H,17H2,1-3H3/t19-/m0/s1. The number of amides is 1. The summed E-state index contributed by atoms with van der Waals surface area (Å²) in [6.07, 6.45) is -0.983. The minimum absolute atomic E-state index is 0.137. The lowest BCUT2D eigenvalue weighted by atomic mass is 9.98. The van der Waals surface area contributed by atoms with Crippen molar-refractivity contribution in [1.82, 2.24) is 4.90 Å². The van der Waals surface area contributed by atoms with E-state index in [4.69, 9.17) is 4.74 Å². The van der Waals surface area contributed by atoms with Gasteiger partial charge in [0.05, 0.1) is 5.56 Å². The largest absolute Gasteiger partial charge is 0.449 e. The van der Waals surface area contributed by atoms with Gasteiger partial charge in [0.1, 0.15) is 0 Å². The average Bonchev–Trinajstić information content (AvgIpc) is 2.79. The molecule has 0 saturated heterocycles. The Morgan fingerprint density at radius 2 is 1.42 bits per heavy atom. The third-order valence-electron chi connectivity index (χ3n) is 4.98. The van der Waals surface area contributed by atoms with E-state index < -0.39 is 12.1 Å². The number of ketones is 1. The zero-order valence-corrected chi connectivity index (χ0v) is 17.9. The molecule has 0 aliphatic rings. The van der Waals surface area contributed by atoms with Gasteiger partial charge < -0.3 is 9.64 Å². The summed E-state index contributed by atoms with van der Waals surface area (Å²) < 4.78 is 5.42. The fourth-order valence-corrected chi connectivity index (χ4v) is 3.24. The van der Waals surface area contributed by atoms with E-state index in [2.05, 4.69) is 0 Å². The number of rotatable bonds is 7. The number of esters is 1. The maximum Gasteiger partial charge on any atom is 0.339 e. The first-order chi connectivity index (χ1) is 14.9. The van der Waals surface area contributed by atoms with Crippen LogP contribution in [0.1, 0.15) is 44.3 Å². The maximum absolute atomic E-state index is 12.9. The Kier molecular flexibility index (Phi) is 6.98. The molecule has 3 aromatic rings. The number of carbonyl (C=O) groups excluding carboxylic acids is 3. The van der Waals surface area contributed by atoms with E-state index in [9.17, 15) is 14.4 Å². The van der Waals surface area contributed by atoms with Crippen molar-refractivity contribution in [3.8, 4) is 0 Å². The molecule has 1 atom stereocenters. The zero-order chi connectivity index (χ0) is 22.4. The van der Waals surface area contributed by atoms with Gasteiger partial charge in [-0.3, -0.25) is 9.59 Å². The van der Waals surface area contributed by atoms with E-state index in [0.717, 1.165) is 11.1 Å². The number of carbonyl (C=O) groups is 3. The molecule has 31 heavy (non-hydrogen) atoms. The highest BCUT2D eigenvalue weighted by Crippen LogP contribution is 2.17. The Morgan fingerprint density at radius 1 is 0.839 bits per heavy atom. The van der Waals surface area contributed by atoms with Crippen molar-refractivity contribution in [2.75, 3.05) is 7.05 Å². The number of aryl methyl sites for hydroxylation is 1. The van der Waals surface area contributed by atoms with Crippen molar-refractivity contribution < 1.29 is 19.1 Å². The summed E-state index contributed by atoms with van der Waals surface area (Å²) in [5, 5.41) is 0. The average molecular weight is 415 g/mol. The summed E-state index contributed by atoms with van der Waals surface area (Å²) in [6.45, 7) is 3.88. The van der Waals surface area contributed by atoms with Crippen LogP contribution in [0.3, 0.4) is 0 Å². The molecule has 0 spiro atoms. The summed E-state index contributed by atoms with van der Waals surface area (Å²) in [5.41, 5.74) is 2.88. The highest BCUT2D eigenvalue weighted by atomic mass is 16.5. The van der Waals surface area contributed by atoms with Gasteiger partial charge in [0.15, 0.2) is 11.9 Å². The fraction of sp³-hybridized carbons (Fsp3) is 0.192. The minimum atomic E-state index is -0.983. The quantitative estimate of drug-likeness (QED) is 0.423. The third kappa shape index (κ3) is 5.45. The first-order valence-corrected chi connectivity index (χ1v) is 10.1. The van der Waals surface area contributed by atoms with E-state index in [1.165, 1.54) is 17.9 Å². The number of hydrogen-bond donors (Lipinski definition) is 0. The van der Waals surface area contributed by atoms with Gasteiger partial charge in [-0.25, -0.2) is 4.79 Å². The Labute approximate surface area is 182 Å². The van der Waals surface area contributed by atoms with Gasteiger partial charge in [0, 0.05) is 24.7 Å². The Balaban J connectivity index is 1.72. The van der Waals surface area contributed by atoms with Crippen LogP contribution in [-0.4, -0.2) is 35.7 Å². The van der Waals surface area contributed by atoms with Crippen molar-refractivity contribution in [1.29, 1.82) is 0 Å².